The molecule has 4 nitrogen and oxygen atoms in total. The van der Waals surface area contributed by atoms with Gasteiger partial charge in [0.1, 0.15) is 0 Å². The van der Waals surface area contributed by atoms with E-state index in [1.807, 2.05) is 13.0 Å². The molecule has 1 unspecified atom stereocenters. The van der Waals surface area contributed by atoms with Gasteiger partial charge < -0.3 is 10.4 Å². The number of amides is 1. The lowest BCUT2D eigenvalue weighted by Crippen LogP contribution is -2.27. The van der Waals surface area contributed by atoms with Gasteiger partial charge in [0.25, 0.3) is 5.91 Å². The van der Waals surface area contributed by atoms with Gasteiger partial charge in [-0.3, -0.25) is 9.59 Å². The summed E-state index contributed by atoms with van der Waals surface area (Å²) >= 11 is 1.59. The molecular formula is C14H19NO3S. The summed E-state index contributed by atoms with van der Waals surface area (Å²) in [6.07, 6.45) is 4.15. The molecule has 1 amide bonds. The molecule has 1 aliphatic carbocycles. The molecule has 0 bridgehead atoms. The Hall–Kier alpha value is -1.36. The number of nitrogens with one attached hydrogen (secondary N) is 1. The van der Waals surface area contributed by atoms with Gasteiger partial charge in [0.15, 0.2) is 0 Å². The minimum atomic E-state index is -0.784. The Morgan fingerprint density at radius 3 is 2.95 bits per heavy atom. The van der Waals surface area contributed by atoms with E-state index < -0.39 is 5.97 Å². The molecule has 1 aliphatic rings. The highest BCUT2D eigenvalue weighted by atomic mass is 32.1. The quantitative estimate of drug-likeness (QED) is 0.841. The first-order valence-corrected chi connectivity index (χ1v) is 7.49. The summed E-state index contributed by atoms with van der Waals surface area (Å²) in [4.78, 5) is 24.6. The minimum Gasteiger partial charge on any atom is -0.481 e. The van der Waals surface area contributed by atoms with Crippen LogP contribution in [0.4, 0.5) is 0 Å². The molecule has 0 aromatic carbocycles. The van der Waals surface area contributed by atoms with Crippen molar-refractivity contribution in [1.82, 2.24) is 5.32 Å². The highest BCUT2D eigenvalue weighted by Gasteiger charge is 2.18. The molecule has 1 aromatic heterocycles. The van der Waals surface area contributed by atoms with Crippen molar-refractivity contribution in [3.8, 4) is 0 Å². The second-order valence-electron chi connectivity index (χ2n) is 5.16. The van der Waals surface area contributed by atoms with Gasteiger partial charge in [-0.05, 0) is 43.2 Å². The predicted molar refractivity (Wildman–Crippen MR) is 74.7 cm³/mol. The van der Waals surface area contributed by atoms with E-state index in [-0.39, 0.29) is 18.2 Å². The largest absolute Gasteiger partial charge is 0.481 e. The zero-order chi connectivity index (χ0) is 13.8. The van der Waals surface area contributed by atoms with Gasteiger partial charge in [0.05, 0.1) is 4.88 Å². The number of aliphatic carboxylic acids is 1. The number of carboxylic acids is 1. The van der Waals surface area contributed by atoms with Crippen LogP contribution in [0.3, 0.4) is 0 Å². The first-order valence-electron chi connectivity index (χ1n) is 6.68. The number of hydrogen-bond donors (Lipinski definition) is 2. The Kier molecular flexibility index (Phi) is 4.58. The number of carbonyl (C=O) groups is 2. The molecule has 0 saturated heterocycles. The van der Waals surface area contributed by atoms with Gasteiger partial charge in [-0.15, -0.1) is 11.3 Å². The van der Waals surface area contributed by atoms with Gasteiger partial charge in [-0.2, -0.15) is 0 Å². The van der Waals surface area contributed by atoms with Crippen LogP contribution in [0.5, 0.6) is 0 Å². The highest BCUT2D eigenvalue weighted by molar-refractivity contribution is 7.14. The number of fused-ring (bicyclic) bond motifs is 1. The van der Waals surface area contributed by atoms with Crippen molar-refractivity contribution in [2.75, 3.05) is 6.54 Å². The van der Waals surface area contributed by atoms with Crippen LogP contribution in [0.25, 0.3) is 0 Å². The normalized spacial score (nSPS) is 15.0. The molecule has 19 heavy (non-hydrogen) atoms. The fourth-order valence-corrected chi connectivity index (χ4v) is 3.44. The van der Waals surface area contributed by atoms with E-state index in [2.05, 4.69) is 5.32 Å². The Morgan fingerprint density at radius 1 is 1.47 bits per heavy atom. The summed E-state index contributed by atoms with van der Waals surface area (Å²) < 4.78 is 0. The molecule has 2 N–H and O–H groups in total. The fraction of sp³-hybridized carbons (Fsp3) is 0.571. The molecule has 2 rings (SSSR count). The smallest absolute Gasteiger partial charge is 0.303 e. The molecule has 0 aliphatic heterocycles. The summed E-state index contributed by atoms with van der Waals surface area (Å²) in [5, 5.41) is 11.5. The molecule has 1 aromatic rings. The third-order valence-corrected chi connectivity index (χ3v) is 4.67. The summed E-state index contributed by atoms with van der Waals surface area (Å²) in [6, 6.07) is 2.00. The summed E-state index contributed by atoms with van der Waals surface area (Å²) in [5.74, 6) is -0.624. The summed E-state index contributed by atoms with van der Waals surface area (Å²) in [7, 11) is 0. The molecule has 0 radical (unpaired) electrons. The van der Waals surface area contributed by atoms with E-state index in [0.717, 1.165) is 17.7 Å². The first-order chi connectivity index (χ1) is 9.06. The summed E-state index contributed by atoms with van der Waals surface area (Å²) in [6.45, 7) is 2.49. The Morgan fingerprint density at radius 2 is 2.26 bits per heavy atom. The second kappa shape index (κ2) is 6.19. The standard InChI is InChI=1S/C14H19NO3S/c1-9(5-6-13(16)17)8-15-14(18)12-7-10-3-2-4-11(10)19-12/h7,9H,2-6,8H2,1H3,(H,15,18)(H,16,17). The van der Waals surface area contributed by atoms with Crippen LogP contribution in [-0.2, 0) is 17.6 Å². The lowest BCUT2D eigenvalue weighted by Gasteiger charge is -2.10. The Bertz CT molecular complexity index is 460. The average molecular weight is 281 g/mol. The van der Waals surface area contributed by atoms with Crippen LogP contribution in [0.15, 0.2) is 6.07 Å². The lowest BCUT2D eigenvalue weighted by molar-refractivity contribution is -0.137. The molecular weight excluding hydrogens is 262 g/mol. The van der Waals surface area contributed by atoms with Crippen molar-refractivity contribution in [3.63, 3.8) is 0 Å². The van der Waals surface area contributed by atoms with Crippen molar-refractivity contribution in [2.24, 2.45) is 5.92 Å². The number of carbonyl (C=O) groups excluding carboxylic acids is 1. The van der Waals surface area contributed by atoms with Crippen molar-refractivity contribution >= 4 is 23.2 Å². The molecule has 0 saturated carbocycles. The van der Waals surface area contributed by atoms with Crippen LogP contribution in [0, 0.1) is 5.92 Å². The molecule has 5 heteroatoms. The van der Waals surface area contributed by atoms with E-state index in [9.17, 15) is 9.59 Å². The van der Waals surface area contributed by atoms with E-state index in [1.54, 1.807) is 11.3 Å². The molecule has 104 valence electrons. The van der Waals surface area contributed by atoms with Crippen LogP contribution in [0.2, 0.25) is 0 Å². The monoisotopic (exact) mass is 281 g/mol. The number of rotatable bonds is 6. The van der Waals surface area contributed by atoms with Crippen LogP contribution >= 0.6 is 11.3 Å². The average Bonchev–Trinajstić information content (AvgIpc) is 2.93. The van der Waals surface area contributed by atoms with E-state index in [1.165, 1.54) is 16.9 Å². The van der Waals surface area contributed by atoms with Crippen LogP contribution < -0.4 is 5.32 Å². The second-order valence-corrected chi connectivity index (χ2v) is 6.30. The van der Waals surface area contributed by atoms with Gasteiger partial charge in [0, 0.05) is 17.8 Å². The van der Waals surface area contributed by atoms with Gasteiger partial charge >= 0.3 is 5.97 Å². The van der Waals surface area contributed by atoms with E-state index in [0.29, 0.717) is 13.0 Å². The number of thiophene rings is 1. The molecule has 1 heterocycles. The topological polar surface area (TPSA) is 66.4 Å². The number of carboxylic acid groups (broad SMARTS) is 1. The SMILES string of the molecule is CC(CCC(=O)O)CNC(=O)c1cc2c(s1)CCC2. The van der Waals surface area contributed by atoms with Crippen molar-refractivity contribution in [3.05, 3.63) is 21.4 Å². The van der Waals surface area contributed by atoms with Gasteiger partial charge in [-0.25, -0.2) is 0 Å². The van der Waals surface area contributed by atoms with Crippen molar-refractivity contribution in [1.29, 1.82) is 0 Å². The zero-order valence-corrected chi connectivity index (χ0v) is 11.9. The minimum absolute atomic E-state index is 0.0263. The Balaban J connectivity index is 1.79. The molecule has 1 atom stereocenters. The third-order valence-electron chi connectivity index (χ3n) is 3.43. The number of hydrogen-bond acceptors (Lipinski definition) is 3. The van der Waals surface area contributed by atoms with Crippen molar-refractivity contribution < 1.29 is 14.7 Å². The zero-order valence-electron chi connectivity index (χ0n) is 11.1. The first kappa shape index (κ1) is 14.1. The summed E-state index contributed by atoms with van der Waals surface area (Å²) in [5.41, 5.74) is 1.33. The lowest BCUT2D eigenvalue weighted by atomic mass is 10.1. The molecule has 0 fully saturated rings. The maximum absolute atomic E-state index is 12.0. The van der Waals surface area contributed by atoms with E-state index in [4.69, 9.17) is 5.11 Å². The molecule has 0 spiro atoms. The number of aryl methyl sites for hydroxylation is 2. The predicted octanol–water partition coefficient (Wildman–Crippen LogP) is 2.47. The fourth-order valence-electron chi connectivity index (χ4n) is 2.27. The van der Waals surface area contributed by atoms with Crippen LogP contribution in [-0.4, -0.2) is 23.5 Å². The maximum Gasteiger partial charge on any atom is 0.303 e. The highest BCUT2D eigenvalue weighted by Crippen LogP contribution is 2.30. The van der Waals surface area contributed by atoms with Crippen molar-refractivity contribution in [2.45, 2.75) is 39.0 Å². The maximum atomic E-state index is 12.0. The van der Waals surface area contributed by atoms with Gasteiger partial charge in [-0.1, -0.05) is 6.92 Å². The Labute approximate surface area is 116 Å². The van der Waals surface area contributed by atoms with E-state index >= 15 is 0 Å². The van der Waals surface area contributed by atoms with Gasteiger partial charge in [0.2, 0.25) is 0 Å². The third kappa shape index (κ3) is 3.80. The van der Waals surface area contributed by atoms with Crippen LogP contribution in [0.1, 0.15) is 46.3 Å².